The summed E-state index contributed by atoms with van der Waals surface area (Å²) in [6.45, 7) is 0. The summed E-state index contributed by atoms with van der Waals surface area (Å²) >= 11 is 11.6. The van der Waals surface area contributed by atoms with Crippen molar-refractivity contribution in [3.05, 3.63) is 58.6 Å². The number of nitrogens with two attached hydrogens (primary N) is 2. The van der Waals surface area contributed by atoms with Crippen molar-refractivity contribution in [1.29, 1.82) is 0 Å². The molecule has 0 amide bonds. The number of rotatable bonds is 2. The number of benzene rings is 2. The molecule has 22 heavy (non-hydrogen) atoms. The largest absolute Gasteiger partial charge is 0.369 e. The van der Waals surface area contributed by atoms with Crippen LogP contribution in [-0.4, -0.2) is 11.9 Å². The van der Waals surface area contributed by atoms with Gasteiger partial charge in [-0.05, 0) is 48.5 Å². The van der Waals surface area contributed by atoms with E-state index < -0.39 is 0 Å². The van der Waals surface area contributed by atoms with E-state index in [0.717, 1.165) is 5.69 Å². The van der Waals surface area contributed by atoms with Crippen LogP contribution in [0.2, 0.25) is 10.0 Å². The standard InChI is InChI=1S/C14H13Cl2N5.ClH/c15-9-1-5-11(6-2-9)19-13(17)21-14(18)20-12-7-3-10(16)4-8-12;/h1-8H,(H5,17,18,19,20,21);1H. The molecule has 2 aromatic rings. The van der Waals surface area contributed by atoms with E-state index in [-0.39, 0.29) is 24.3 Å². The molecule has 0 atom stereocenters. The van der Waals surface area contributed by atoms with Crippen LogP contribution >= 0.6 is 35.6 Å². The summed E-state index contributed by atoms with van der Waals surface area (Å²) in [5.41, 5.74) is 12.8. The van der Waals surface area contributed by atoms with Gasteiger partial charge >= 0.3 is 0 Å². The summed E-state index contributed by atoms with van der Waals surface area (Å²) in [6, 6.07) is 13.9. The molecule has 0 heterocycles. The van der Waals surface area contributed by atoms with E-state index in [1.807, 2.05) is 0 Å². The van der Waals surface area contributed by atoms with Gasteiger partial charge in [-0.2, -0.15) is 4.99 Å². The van der Waals surface area contributed by atoms with E-state index in [1.54, 1.807) is 48.5 Å². The molecule has 0 aliphatic carbocycles. The zero-order valence-corrected chi connectivity index (χ0v) is 13.7. The first-order chi connectivity index (χ1) is 10.0. The van der Waals surface area contributed by atoms with Gasteiger partial charge in [-0.25, -0.2) is 4.99 Å². The van der Waals surface area contributed by atoms with E-state index in [1.165, 1.54) is 0 Å². The molecular formula is C14H14Cl3N5. The van der Waals surface area contributed by atoms with Gasteiger partial charge in [0, 0.05) is 15.7 Å². The van der Waals surface area contributed by atoms with Crippen molar-refractivity contribution in [2.45, 2.75) is 0 Å². The molecule has 5 nitrogen and oxygen atoms in total. The molecule has 0 spiro atoms. The molecule has 0 saturated carbocycles. The molecule has 5 N–H and O–H groups in total. The van der Waals surface area contributed by atoms with E-state index >= 15 is 0 Å². The summed E-state index contributed by atoms with van der Waals surface area (Å²) in [5, 5.41) is 4.15. The average molecular weight is 359 g/mol. The number of nitrogens with zero attached hydrogens (tertiary/aromatic N) is 2. The molecule has 2 rings (SSSR count). The number of halogens is 3. The number of hydrogen-bond acceptors (Lipinski definition) is 1. The minimum absolute atomic E-state index is 0. The van der Waals surface area contributed by atoms with Gasteiger partial charge in [0.05, 0.1) is 5.69 Å². The van der Waals surface area contributed by atoms with Crippen LogP contribution in [0.1, 0.15) is 0 Å². The summed E-state index contributed by atoms with van der Waals surface area (Å²) in [6.07, 6.45) is 0. The lowest BCUT2D eigenvalue weighted by atomic mass is 10.3. The Labute approximate surface area is 144 Å². The Hall–Kier alpha value is -1.95. The van der Waals surface area contributed by atoms with Crippen LogP contribution in [0.25, 0.3) is 0 Å². The van der Waals surface area contributed by atoms with Gasteiger partial charge in [0.15, 0.2) is 0 Å². The van der Waals surface area contributed by atoms with Crippen LogP contribution in [0, 0.1) is 0 Å². The normalized spacial score (nSPS) is 11.7. The maximum atomic E-state index is 5.80. The van der Waals surface area contributed by atoms with Gasteiger partial charge in [0.1, 0.15) is 0 Å². The molecule has 0 saturated heterocycles. The molecule has 116 valence electrons. The number of anilines is 1. The Morgan fingerprint density at radius 3 is 1.91 bits per heavy atom. The third-order valence-electron chi connectivity index (χ3n) is 2.42. The molecule has 0 unspecified atom stereocenters. The first-order valence-electron chi connectivity index (χ1n) is 5.99. The number of nitrogens with one attached hydrogen (secondary N) is 1. The lowest BCUT2D eigenvalue weighted by Crippen LogP contribution is -2.25. The third kappa shape index (κ3) is 5.81. The van der Waals surface area contributed by atoms with Crippen molar-refractivity contribution in [2.24, 2.45) is 21.5 Å². The Bertz CT molecular complexity index is 666. The zero-order chi connectivity index (χ0) is 15.2. The Morgan fingerprint density at radius 1 is 0.864 bits per heavy atom. The maximum Gasteiger partial charge on any atom is 0.223 e. The number of hydrogen-bond donors (Lipinski definition) is 3. The van der Waals surface area contributed by atoms with E-state index in [2.05, 4.69) is 15.3 Å². The third-order valence-corrected chi connectivity index (χ3v) is 2.93. The van der Waals surface area contributed by atoms with Crippen LogP contribution in [0.4, 0.5) is 11.4 Å². The second-order valence-electron chi connectivity index (χ2n) is 4.08. The van der Waals surface area contributed by atoms with Gasteiger partial charge in [-0.1, -0.05) is 23.2 Å². The van der Waals surface area contributed by atoms with Crippen LogP contribution in [0.5, 0.6) is 0 Å². The number of guanidine groups is 2. The highest BCUT2D eigenvalue weighted by Crippen LogP contribution is 2.16. The molecule has 0 aliphatic heterocycles. The van der Waals surface area contributed by atoms with Crippen molar-refractivity contribution >= 4 is 58.9 Å². The van der Waals surface area contributed by atoms with Crippen molar-refractivity contribution in [3.63, 3.8) is 0 Å². The van der Waals surface area contributed by atoms with Gasteiger partial charge in [-0.3, -0.25) is 0 Å². The lowest BCUT2D eigenvalue weighted by Gasteiger charge is -2.05. The van der Waals surface area contributed by atoms with Crippen LogP contribution < -0.4 is 16.8 Å². The predicted molar refractivity (Wildman–Crippen MR) is 96.7 cm³/mol. The fourth-order valence-corrected chi connectivity index (χ4v) is 1.76. The van der Waals surface area contributed by atoms with E-state index in [9.17, 15) is 0 Å². The monoisotopic (exact) mass is 357 g/mol. The predicted octanol–water partition coefficient (Wildman–Crippen LogP) is 3.79. The Balaban J connectivity index is 0.00000242. The molecular weight excluding hydrogens is 345 g/mol. The van der Waals surface area contributed by atoms with Crippen LogP contribution in [-0.2, 0) is 0 Å². The summed E-state index contributed by atoms with van der Waals surface area (Å²) in [4.78, 5) is 8.06. The van der Waals surface area contributed by atoms with Gasteiger partial charge < -0.3 is 16.8 Å². The smallest absolute Gasteiger partial charge is 0.223 e. The van der Waals surface area contributed by atoms with E-state index in [0.29, 0.717) is 15.7 Å². The first kappa shape index (κ1) is 18.1. The van der Waals surface area contributed by atoms with Gasteiger partial charge in [0.2, 0.25) is 11.9 Å². The molecule has 0 radical (unpaired) electrons. The zero-order valence-electron chi connectivity index (χ0n) is 11.3. The minimum Gasteiger partial charge on any atom is -0.369 e. The fraction of sp³-hybridized carbons (Fsp3) is 0. The van der Waals surface area contributed by atoms with Crippen LogP contribution in [0.3, 0.4) is 0 Å². The quantitative estimate of drug-likeness (QED) is 0.563. The first-order valence-corrected chi connectivity index (χ1v) is 6.75. The van der Waals surface area contributed by atoms with Crippen molar-refractivity contribution < 1.29 is 0 Å². The van der Waals surface area contributed by atoms with Gasteiger partial charge in [0.25, 0.3) is 0 Å². The summed E-state index contributed by atoms with van der Waals surface area (Å²) in [5.74, 6) is 0.170. The highest BCUT2D eigenvalue weighted by Gasteiger charge is 1.97. The molecule has 0 fully saturated rings. The number of aliphatic imine (C=N–C) groups is 2. The molecule has 0 aliphatic rings. The van der Waals surface area contributed by atoms with Crippen LogP contribution in [0.15, 0.2) is 58.5 Å². The summed E-state index contributed by atoms with van der Waals surface area (Å²) in [7, 11) is 0. The highest BCUT2D eigenvalue weighted by atomic mass is 35.5. The van der Waals surface area contributed by atoms with Crippen molar-refractivity contribution in [2.75, 3.05) is 5.32 Å². The van der Waals surface area contributed by atoms with Crippen molar-refractivity contribution in [3.8, 4) is 0 Å². The fourth-order valence-electron chi connectivity index (χ4n) is 1.51. The maximum absolute atomic E-state index is 5.80. The Morgan fingerprint density at radius 2 is 1.36 bits per heavy atom. The second kappa shape index (κ2) is 8.48. The second-order valence-corrected chi connectivity index (χ2v) is 4.95. The average Bonchev–Trinajstić information content (AvgIpc) is 2.44. The molecule has 0 aromatic heterocycles. The lowest BCUT2D eigenvalue weighted by molar-refractivity contribution is 1.39. The highest BCUT2D eigenvalue weighted by molar-refractivity contribution is 6.30. The van der Waals surface area contributed by atoms with E-state index in [4.69, 9.17) is 34.7 Å². The van der Waals surface area contributed by atoms with Gasteiger partial charge in [-0.15, -0.1) is 12.4 Å². The minimum atomic E-state index is 0. The topological polar surface area (TPSA) is 88.8 Å². The Kier molecular flexibility index (Phi) is 6.98. The SMILES string of the molecule is Cl.NC(=Nc1ccc(Cl)cc1)N=C(N)Nc1ccc(Cl)cc1. The summed E-state index contributed by atoms with van der Waals surface area (Å²) < 4.78 is 0. The molecule has 2 aromatic carbocycles. The molecule has 0 bridgehead atoms. The van der Waals surface area contributed by atoms with Crippen molar-refractivity contribution in [1.82, 2.24) is 0 Å². The molecule has 8 heteroatoms.